The Morgan fingerprint density at radius 3 is 1.93 bits per heavy atom. The summed E-state index contributed by atoms with van der Waals surface area (Å²) in [6, 6.07) is 27.3. The van der Waals surface area contributed by atoms with Crippen LogP contribution in [-0.2, 0) is 26.2 Å². The van der Waals surface area contributed by atoms with Gasteiger partial charge in [0.05, 0.1) is 10.6 Å². The molecule has 45 heavy (non-hydrogen) atoms. The van der Waals surface area contributed by atoms with Crippen LogP contribution in [0.3, 0.4) is 0 Å². The van der Waals surface area contributed by atoms with E-state index in [1.165, 1.54) is 17.0 Å². The fourth-order valence-corrected chi connectivity index (χ4v) is 6.41. The van der Waals surface area contributed by atoms with Crippen LogP contribution in [0.15, 0.2) is 108 Å². The minimum absolute atomic E-state index is 0.00525. The van der Waals surface area contributed by atoms with Crippen molar-refractivity contribution in [2.75, 3.05) is 10.8 Å². The third-order valence-electron chi connectivity index (χ3n) is 7.27. The molecule has 8 nitrogen and oxygen atoms in total. The summed E-state index contributed by atoms with van der Waals surface area (Å²) >= 11 is 12.9. The number of ether oxygens (including phenoxy) is 1. The zero-order chi connectivity index (χ0) is 32.6. The van der Waals surface area contributed by atoms with Crippen LogP contribution < -0.4 is 14.4 Å². The predicted molar refractivity (Wildman–Crippen MR) is 178 cm³/mol. The van der Waals surface area contributed by atoms with E-state index < -0.39 is 28.5 Å². The molecule has 0 bridgehead atoms. The van der Waals surface area contributed by atoms with Crippen molar-refractivity contribution in [3.8, 4) is 11.5 Å². The number of rotatable bonds is 13. The predicted octanol–water partition coefficient (Wildman–Crippen LogP) is 7.31. The van der Waals surface area contributed by atoms with E-state index in [2.05, 4.69) is 5.32 Å². The summed E-state index contributed by atoms with van der Waals surface area (Å²) in [5, 5.41) is 3.54. The molecule has 0 aliphatic rings. The Morgan fingerprint density at radius 1 is 0.800 bits per heavy atom. The van der Waals surface area contributed by atoms with E-state index in [0.717, 1.165) is 4.31 Å². The van der Waals surface area contributed by atoms with Gasteiger partial charge < -0.3 is 15.0 Å². The molecular formula is C34H35Cl2N3O5S. The standard InChI is InChI=1S/C34H35Cl2N3O5S/c1-4-24(2)37-34(41)25(3)38(22-30-31(35)16-11-17-32(30)36)33(40)23-39(45(42,43)29-14-9-6-10-15-29)26-18-20-28(21-19-26)44-27-12-7-5-8-13-27/h5-21,24-25H,4,22-23H2,1-3H3,(H,37,41). The van der Waals surface area contributed by atoms with Crippen LogP contribution >= 0.6 is 23.2 Å². The van der Waals surface area contributed by atoms with Crippen molar-refractivity contribution in [1.29, 1.82) is 0 Å². The Balaban J connectivity index is 1.72. The smallest absolute Gasteiger partial charge is 0.264 e. The molecule has 0 saturated carbocycles. The number of hydrogen-bond acceptors (Lipinski definition) is 5. The average molecular weight is 669 g/mol. The van der Waals surface area contributed by atoms with Crippen LogP contribution in [-0.4, -0.2) is 43.8 Å². The minimum Gasteiger partial charge on any atom is -0.457 e. The highest BCUT2D eigenvalue weighted by molar-refractivity contribution is 7.92. The molecule has 0 aliphatic carbocycles. The number of para-hydroxylation sites is 1. The molecule has 1 N–H and O–H groups in total. The summed E-state index contributed by atoms with van der Waals surface area (Å²) in [7, 11) is -4.22. The number of nitrogens with zero attached hydrogens (tertiary/aromatic N) is 2. The lowest BCUT2D eigenvalue weighted by Gasteiger charge is -2.33. The number of carbonyl (C=O) groups excluding carboxylic acids is 2. The van der Waals surface area contributed by atoms with Gasteiger partial charge in [-0.05, 0) is 80.9 Å². The first-order valence-corrected chi connectivity index (χ1v) is 16.6. The molecule has 0 aromatic heterocycles. The molecule has 4 rings (SSSR count). The molecule has 0 aliphatic heterocycles. The molecule has 4 aromatic rings. The maximum atomic E-state index is 14.2. The number of benzene rings is 4. The highest BCUT2D eigenvalue weighted by atomic mass is 35.5. The van der Waals surface area contributed by atoms with Crippen LogP contribution in [0.1, 0.15) is 32.8 Å². The van der Waals surface area contributed by atoms with Gasteiger partial charge in [-0.25, -0.2) is 8.42 Å². The maximum absolute atomic E-state index is 14.2. The first-order chi connectivity index (χ1) is 21.5. The quantitative estimate of drug-likeness (QED) is 0.161. The molecule has 11 heteroatoms. The highest BCUT2D eigenvalue weighted by Gasteiger charge is 2.33. The Labute approximate surface area is 274 Å². The number of carbonyl (C=O) groups is 2. The summed E-state index contributed by atoms with van der Waals surface area (Å²) < 4.78 is 35.0. The second-order valence-electron chi connectivity index (χ2n) is 10.4. The Hall–Kier alpha value is -4.05. The summed E-state index contributed by atoms with van der Waals surface area (Å²) in [5.41, 5.74) is 0.678. The first-order valence-electron chi connectivity index (χ1n) is 14.4. The van der Waals surface area contributed by atoms with Gasteiger partial charge in [0.25, 0.3) is 10.0 Å². The van der Waals surface area contributed by atoms with Gasteiger partial charge in [-0.3, -0.25) is 13.9 Å². The number of nitrogens with one attached hydrogen (secondary N) is 1. The Bertz CT molecular complexity index is 1690. The monoisotopic (exact) mass is 667 g/mol. The molecule has 2 atom stereocenters. The molecule has 2 amide bonds. The van der Waals surface area contributed by atoms with E-state index >= 15 is 0 Å². The lowest BCUT2D eigenvalue weighted by molar-refractivity contribution is -0.139. The second kappa shape index (κ2) is 15.3. The van der Waals surface area contributed by atoms with Gasteiger partial charge in [-0.2, -0.15) is 0 Å². The van der Waals surface area contributed by atoms with Crippen molar-refractivity contribution in [2.45, 2.75) is 50.7 Å². The number of halogens is 2. The lowest BCUT2D eigenvalue weighted by Crippen LogP contribution is -2.52. The van der Waals surface area contributed by atoms with Crippen molar-refractivity contribution < 1.29 is 22.7 Å². The van der Waals surface area contributed by atoms with Crippen molar-refractivity contribution in [1.82, 2.24) is 10.2 Å². The second-order valence-corrected chi connectivity index (χ2v) is 13.1. The number of hydrogen-bond donors (Lipinski definition) is 1. The minimum atomic E-state index is -4.22. The maximum Gasteiger partial charge on any atom is 0.264 e. The van der Waals surface area contributed by atoms with Crippen LogP contribution in [0.25, 0.3) is 0 Å². The van der Waals surface area contributed by atoms with Crippen molar-refractivity contribution >= 4 is 50.7 Å². The SMILES string of the molecule is CCC(C)NC(=O)C(C)N(Cc1c(Cl)cccc1Cl)C(=O)CN(c1ccc(Oc2ccccc2)cc1)S(=O)(=O)c1ccccc1. The van der Waals surface area contributed by atoms with Crippen molar-refractivity contribution in [3.05, 3.63) is 119 Å². The zero-order valence-electron chi connectivity index (χ0n) is 25.2. The molecule has 2 unspecified atom stereocenters. The van der Waals surface area contributed by atoms with E-state index in [-0.39, 0.29) is 29.1 Å². The number of amides is 2. The summed E-state index contributed by atoms with van der Waals surface area (Å²) in [4.78, 5) is 28.7. The average Bonchev–Trinajstić information content (AvgIpc) is 3.04. The van der Waals surface area contributed by atoms with Crippen molar-refractivity contribution in [3.63, 3.8) is 0 Å². The molecule has 0 radical (unpaired) electrons. The molecular weight excluding hydrogens is 633 g/mol. The van der Waals surface area contributed by atoms with Gasteiger partial charge in [-0.1, -0.05) is 72.6 Å². The van der Waals surface area contributed by atoms with Gasteiger partial charge in [0.1, 0.15) is 24.1 Å². The van der Waals surface area contributed by atoms with Gasteiger partial charge in [0, 0.05) is 28.2 Å². The summed E-state index contributed by atoms with van der Waals surface area (Å²) in [6.45, 7) is 4.67. The Morgan fingerprint density at radius 2 is 1.36 bits per heavy atom. The summed E-state index contributed by atoms with van der Waals surface area (Å²) in [5.74, 6) is 0.0917. The molecule has 4 aromatic carbocycles. The van der Waals surface area contributed by atoms with Gasteiger partial charge in [-0.15, -0.1) is 0 Å². The molecule has 0 heterocycles. The summed E-state index contributed by atoms with van der Waals surface area (Å²) in [6.07, 6.45) is 0.690. The zero-order valence-corrected chi connectivity index (χ0v) is 27.5. The van der Waals surface area contributed by atoms with Gasteiger partial charge in [0.2, 0.25) is 11.8 Å². The first kappa shape index (κ1) is 33.8. The number of anilines is 1. The highest BCUT2D eigenvalue weighted by Crippen LogP contribution is 2.30. The van der Waals surface area contributed by atoms with E-state index in [1.54, 1.807) is 79.7 Å². The van der Waals surface area contributed by atoms with E-state index in [0.29, 0.717) is 33.5 Å². The normalized spacial score (nSPS) is 12.6. The largest absolute Gasteiger partial charge is 0.457 e. The fraction of sp³-hybridized carbons (Fsp3) is 0.235. The van der Waals surface area contributed by atoms with Crippen LogP contribution in [0.4, 0.5) is 5.69 Å². The third-order valence-corrected chi connectivity index (χ3v) is 9.77. The van der Waals surface area contributed by atoms with E-state index in [9.17, 15) is 18.0 Å². The van der Waals surface area contributed by atoms with Crippen molar-refractivity contribution in [2.24, 2.45) is 0 Å². The molecule has 0 spiro atoms. The third kappa shape index (κ3) is 8.57. The molecule has 0 saturated heterocycles. The molecule has 236 valence electrons. The van der Waals surface area contributed by atoms with Gasteiger partial charge in [0.15, 0.2) is 0 Å². The molecule has 0 fully saturated rings. The van der Waals surface area contributed by atoms with Gasteiger partial charge >= 0.3 is 0 Å². The Kier molecular flexibility index (Phi) is 11.5. The topological polar surface area (TPSA) is 96.0 Å². The fourth-order valence-electron chi connectivity index (χ4n) is 4.46. The van der Waals surface area contributed by atoms with E-state index in [4.69, 9.17) is 27.9 Å². The van der Waals surface area contributed by atoms with Crippen LogP contribution in [0.2, 0.25) is 10.0 Å². The van der Waals surface area contributed by atoms with Crippen LogP contribution in [0, 0.1) is 0 Å². The number of sulfonamides is 1. The lowest BCUT2D eigenvalue weighted by atomic mass is 10.1. The van der Waals surface area contributed by atoms with Crippen LogP contribution in [0.5, 0.6) is 11.5 Å². The van der Waals surface area contributed by atoms with E-state index in [1.807, 2.05) is 32.0 Å².